The van der Waals surface area contributed by atoms with Crippen LogP contribution in [0.15, 0.2) is 0 Å². The van der Waals surface area contributed by atoms with Crippen molar-refractivity contribution in [3.63, 3.8) is 0 Å². The number of nitrogens with one attached hydrogen (secondary N) is 1. The van der Waals surface area contributed by atoms with Crippen molar-refractivity contribution in [3.05, 3.63) is 0 Å². The molecular weight excluding hydrogens is 384 g/mol. The summed E-state index contributed by atoms with van der Waals surface area (Å²) in [5.74, 6) is 0.0419. The highest BCUT2D eigenvalue weighted by Gasteiger charge is 2.50. The Morgan fingerprint density at radius 2 is 1.67 bits per heavy atom. The molecule has 1 heterocycles. The Balaban J connectivity index is 0.00000125. The quantitative estimate of drug-likeness (QED) is 0.687. The van der Waals surface area contributed by atoms with Crippen molar-refractivity contribution in [1.29, 1.82) is 0 Å². The number of hydrogen-bond acceptors (Lipinski definition) is 4. The molecule has 1 saturated heterocycles. The van der Waals surface area contributed by atoms with E-state index in [0.717, 1.165) is 25.2 Å². The number of amides is 2. The van der Waals surface area contributed by atoms with Crippen molar-refractivity contribution < 1.29 is 24.2 Å². The lowest BCUT2D eigenvalue weighted by molar-refractivity contribution is -0.150. The predicted molar refractivity (Wildman–Crippen MR) is 119 cm³/mol. The van der Waals surface area contributed by atoms with E-state index in [9.17, 15) is 19.5 Å². The second kappa shape index (κ2) is 12.8. The van der Waals surface area contributed by atoms with E-state index >= 15 is 0 Å². The highest BCUT2D eigenvalue weighted by molar-refractivity contribution is 5.87. The topological polar surface area (TPSA) is 95.9 Å². The summed E-state index contributed by atoms with van der Waals surface area (Å²) >= 11 is 0. The lowest BCUT2D eigenvalue weighted by Crippen LogP contribution is -2.48. The molecule has 4 atom stereocenters. The van der Waals surface area contributed by atoms with E-state index in [4.69, 9.17) is 4.74 Å². The van der Waals surface area contributed by atoms with Gasteiger partial charge in [0.2, 0.25) is 5.91 Å². The Kier molecular flexibility index (Phi) is 12.0. The number of carbonyl (C=O) groups is 3. The molecule has 0 aromatic rings. The van der Waals surface area contributed by atoms with Crippen molar-refractivity contribution in [2.75, 3.05) is 13.1 Å². The summed E-state index contributed by atoms with van der Waals surface area (Å²) in [6.07, 6.45) is 2.37. The van der Waals surface area contributed by atoms with Crippen molar-refractivity contribution in [2.24, 2.45) is 23.7 Å². The standard InChI is InChI=1S/C17H28N2O5.C4H10.C2H6/c1-10-6-5-7-11-9-19(14(13(10)11)15(21)22)12(20)8-18-16(23)24-17(2,3)4;1-4(2)3;1-2/h10-11,13-14H,5-9H2,1-4H3,(H,18,23)(H,21,22);4H,1-3H3;1-2H3/t10-,11?,13?,14+;;/m1../s1. The number of rotatable bonds is 3. The molecule has 2 fully saturated rings. The van der Waals surface area contributed by atoms with Gasteiger partial charge in [0.05, 0.1) is 0 Å². The smallest absolute Gasteiger partial charge is 0.408 e. The van der Waals surface area contributed by atoms with E-state index in [1.165, 1.54) is 4.90 Å². The van der Waals surface area contributed by atoms with E-state index in [-0.39, 0.29) is 24.3 Å². The summed E-state index contributed by atoms with van der Waals surface area (Å²) in [5.41, 5.74) is -0.644. The lowest BCUT2D eigenvalue weighted by atomic mass is 9.72. The van der Waals surface area contributed by atoms with Crippen molar-refractivity contribution in [2.45, 2.75) is 93.2 Å². The molecular formula is C23H44N2O5. The molecule has 1 aliphatic carbocycles. The third-order valence-electron chi connectivity index (χ3n) is 4.92. The van der Waals surface area contributed by atoms with Crippen LogP contribution in [0.3, 0.4) is 0 Å². The minimum Gasteiger partial charge on any atom is -0.480 e. The molecule has 0 spiro atoms. The highest BCUT2D eigenvalue weighted by atomic mass is 16.6. The fourth-order valence-electron chi connectivity index (χ4n) is 4.03. The molecule has 0 radical (unpaired) electrons. The number of ether oxygens (including phenoxy) is 1. The Bertz CT molecular complexity index is 554. The average Bonchev–Trinajstić information content (AvgIpc) is 3.01. The van der Waals surface area contributed by atoms with Crippen LogP contribution in [0, 0.1) is 23.7 Å². The normalized spacial score (nSPS) is 25.2. The van der Waals surface area contributed by atoms with Crippen LogP contribution >= 0.6 is 0 Å². The number of hydrogen-bond donors (Lipinski definition) is 2. The number of aliphatic carboxylic acids is 1. The highest BCUT2D eigenvalue weighted by Crippen LogP contribution is 2.43. The minimum atomic E-state index is -0.957. The fraction of sp³-hybridized carbons (Fsp3) is 0.870. The largest absolute Gasteiger partial charge is 0.480 e. The molecule has 7 heteroatoms. The zero-order valence-electron chi connectivity index (χ0n) is 20.4. The van der Waals surface area contributed by atoms with Gasteiger partial charge < -0.3 is 20.1 Å². The van der Waals surface area contributed by atoms with Crippen LogP contribution < -0.4 is 5.32 Å². The van der Waals surface area contributed by atoms with Gasteiger partial charge in [-0.2, -0.15) is 0 Å². The SMILES string of the molecule is CC.CC(C)C.C[C@@H]1CCCC2CN(C(=O)CNC(=O)OC(C)(C)C)[C@H](C(=O)O)C21. The first-order valence-electron chi connectivity index (χ1n) is 11.3. The number of carboxylic acid groups (broad SMARTS) is 1. The van der Waals surface area contributed by atoms with Crippen LogP contribution in [-0.4, -0.2) is 52.7 Å². The molecule has 0 aromatic carbocycles. The third-order valence-corrected chi connectivity index (χ3v) is 4.92. The molecule has 176 valence electrons. The Hall–Kier alpha value is -1.79. The van der Waals surface area contributed by atoms with E-state index in [1.807, 2.05) is 13.8 Å². The van der Waals surface area contributed by atoms with Gasteiger partial charge in [0.15, 0.2) is 0 Å². The van der Waals surface area contributed by atoms with Gasteiger partial charge in [0.1, 0.15) is 18.2 Å². The second-order valence-corrected chi connectivity index (χ2v) is 9.66. The van der Waals surface area contributed by atoms with E-state index in [1.54, 1.807) is 20.8 Å². The minimum absolute atomic E-state index is 0.00160. The molecule has 0 bridgehead atoms. The molecule has 30 heavy (non-hydrogen) atoms. The second-order valence-electron chi connectivity index (χ2n) is 9.66. The van der Waals surface area contributed by atoms with Gasteiger partial charge in [0.25, 0.3) is 0 Å². The van der Waals surface area contributed by atoms with Gasteiger partial charge in [-0.3, -0.25) is 4.79 Å². The Labute approximate surface area is 182 Å². The van der Waals surface area contributed by atoms with Crippen LogP contribution in [-0.2, 0) is 14.3 Å². The number of likely N-dealkylation sites (tertiary alicyclic amines) is 1. The van der Waals surface area contributed by atoms with Gasteiger partial charge >= 0.3 is 12.1 Å². The maximum Gasteiger partial charge on any atom is 0.408 e. The van der Waals surface area contributed by atoms with Crippen molar-refractivity contribution >= 4 is 18.0 Å². The summed E-state index contributed by atoms with van der Waals surface area (Å²) in [6, 6.07) is -0.793. The van der Waals surface area contributed by atoms with E-state index in [0.29, 0.717) is 12.5 Å². The summed E-state index contributed by atoms with van der Waals surface area (Å²) in [7, 11) is 0. The molecule has 2 aliphatic rings. The fourth-order valence-corrected chi connectivity index (χ4v) is 4.03. The predicted octanol–water partition coefficient (Wildman–Crippen LogP) is 4.55. The van der Waals surface area contributed by atoms with Crippen molar-refractivity contribution in [3.8, 4) is 0 Å². The zero-order valence-corrected chi connectivity index (χ0v) is 20.4. The van der Waals surface area contributed by atoms with E-state index in [2.05, 4.69) is 33.0 Å². The van der Waals surface area contributed by atoms with Gasteiger partial charge in [-0.1, -0.05) is 54.4 Å². The Morgan fingerprint density at radius 1 is 1.13 bits per heavy atom. The van der Waals surface area contributed by atoms with Gasteiger partial charge in [-0.15, -0.1) is 0 Å². The Morgan fingerprint density at radius 3 is 2.13 bits per heavy atom. The number of carboxylic acids is 1. The molecule has 1 saturated carbocycles. The molecule has 2 amide bonds. The summed E-state index contributed by atoms with van der Waals surface area (Å²) in [6.45, 7) is 18.0. The molecule has 7 nitrogen and oxygen atoms in total. The van der Waals surface area contributed by atoms with Crippen LogP contribution in [0.4, 0.5) is 4.79 Å². The first-order valence-corrected chi connectivity index (χ1v) is 11.3. The molecule has 2 unspecified atom stereocenters. The molecule has 0 aromatic heterocycles. The number of nitrogens with zero attached hydrogens (tertiary/aromatic N) is 1. The van der Waals surface area contributed by atoms with Crippen LogP contribution in [0.1, 0.15) is 81.6 Å². The van der Waals surface area contributed by atoms with Gasteiger partial charge in [0, 0.05) is 6.54 Å². The van der Waals surface area contributed by atoms with Crippen LogP contribution in [0.25, 0.3) is 0 Å². The maximum absolute atomic E-state index is 12.5. The molecule has 2 N–H and O–H groups in total. The maximum atomic E-state index is 12.5. The number of alkyl carbamates (subject to hydrolysis) is 1. The lowest BCUT2D eigenvalue weighted by Gasteiger charge is -2.33. The summed E-state index contributed by atoms with van der Waals surface area (Å²) in [5, 5.41) is 12.0. The van der Waals surface area contributed by atoms with Crippen LogP contribution in [0.5, 0.6) is 0 Å². The number of carbonyl (C=O) groups excluding carboxylic acids is 2. The number of fused-ring (bicyclic) bond motifs is 1. The average molecular weight is 429 g/mol. The van der Waals surface area contributed by atoms with Crippen LogP contribution in [0.2, 0.25) is 0 Å². The summed E-state index contributed by atoms with van der Waals surface area (Å²) in [4.78, 5) is 37.3. The van der Waals surface area contributed by atoms with E-state index < -0.39 is 23.7 Å². The molecule has 1 aliphatic heterocycles. The third kappa shape index (κ3) is 9.35. The monoisotopic (exact) mass is 428 g/mol. The first-order chi connectivity index (χ1) is 13.8. The van der Waals surface area contributed by atoms with Gasteiger partial charge in [-0.25, -0.2) is 9.59 Å². The van der Waals surface area contributed by atoms with Gasteiger partial charge in [-0.05, 0) is 50.9 Å². The molecule has 2 rings (SSSR count). The first kappa shape index (κ1) is 28.2. The summed E-state index contributed by atoms with van der Waals surface area (Å²) < 4.78 is 5.10. The zero-order chi connectivity index (χ0) is 23.6. The van der Waals surface area contributed by atoms with Crippen molar-refractivity contribution in [1.82, 2.24) is 10.2 Å².